The minimum absolute atomic E-state index is 0.00361. The van der Waals surface area contributed by atoms with E-state index in [4.69, 9.17) is 4.42 Å². The van der Waals surface area contributed by atoms with Crippen LogP contribution in [0.1, 0.15) is 44.4 Å². The molecule has 2 rings (SSSR count). The van der Waals surface area contributed by atoms with E-state index in [0.717, 1.165) is 25.3 Å². The largest absolute Gasteiger partial charge is 0.468 e. The Bertz CT molecular complexity index is 479. The van der Waals surface area contributed by atoms with Crippen LogP contribution < -0.4 is 4.72 Å². The minimum atomic E-state index is -3.18. The zero-order chi connectivity index (χ0) is 14.4. The summed E-state index contributed by atoms with van der Waals surface area (Å²) in [5.41, 5.74) is 0. The highest BCUT2D eigenvalue weighted by Crippen LogP contribution is 2.25. The van der Waals surface area contributed by atoms with Crippen molar-refractivity contribution in [1.82, 2.24) is 9.62 Å². The van der Waals surface area contributed by atoms with Gasteiger partial charge >= 0.3 is 0 Å². The molecule has 1 N–H and O–H groups in total. The van der Waals surface area contributed by atoms with Gasteiger partial charge in [0.15, 0.2) is 0 Å². The standard InChI is InChI=1S/C14H24N2O3S/c1-2-3-11-20(17,18)15-12-13(14-7-6-10-19-14)16-8-4-5-9-16/h6-7,10,13,15H,2-5,8-9,11-12H2,1H3. The first-order chi connectivity index (χ1) is 9.62. The Balaban J connectivity index is 1.98. The number of hydrogen-bond donors (Lipinski definition) is 1. The van der Waals surface area contributed by atoms with Crippen LogP contribution in [0, 0.1) is 0 Å². The molecule has 1 atom stereocenters. The van der Waals surface area contributed by atoms with Gasteiger partial charge in [-0.1, -0.05) is 13.3 Å². The highest BCUT2D eigenvalue weighted by molar-refractivity contribution is 7.89. The average Bonchev–Trinajstić information content (AvgIpc) is 3.09. The molecule has 0 aromatic carbocycles. The molecule has 1 saturated heterocycles. The highest BCUT2D eigenvalue weighted by Gasteiger charge is 2.26. The van der Waals surface area contributed by atoms with E-state index in [0.29, 0.717) is 13.0 Å². The molecule has 0 aliphatic carbocycles. The van der Waals surface area contributed by atoms with Crippen molar-refractivity contribution in [2.75, 3.05) is 25.4 Å². The van der Waals surface area contributed by atoms with Gasteiger partial charge in [-0.3, -0.25) is 4.90 Å². The number of nitrogens with zero attached hydrogens (tertiary/aromatic N) is 1. The van der Waals surface area contributed by atoms with Crippen LogP contribution in [-0.4, -0.2) is 38.7 Å². The van der Waals surface area contributed by atoms with Crippen LogP contribution in [0.4, 0.5) is 0 Å². The molecule has 0 spiro atoms. The van der Waals surface area contributed by atoms with Crippen molar-refractivity contribution in [2.45, 2.75) is 38.6 Å². The van der Waals surface area contributed by atoms with Gasteiger partial charge in [0, 0.05) is 6.54 Å². The topological polar surface area (TPSA) is 62.6 Å². The molecule has 1 aromatic heterocycles. The van der Waals surface area contributed by atoms with Crippen LogP contribution in [-0.2, 0) is 10.0 Å². The lowest BCUT2D eigenvalue weighted by atomic mass is 10.2. The molecule has 114 valence electrons. The second kappa shape index (κ2) is 7.24. The lowest BCUT2D eigenvalue weighted by Crippen LogP contribution is -2.37. The van der Waals surface area contributed by atoms with Gasteiger partial charge in [0.2, 0.25) is 10.0 Å². The Hall–Kier alpha value is -0.850. The van der Waals surface area contributed by atoms with Crippen LogP contribution in [0.25, 0.3) is 0 Å². The summed E-state index contributed by atoms with van der Waals surface area (Å²) in [5, 5.41) is 0. The summed E-state index contributed by atoms with van der Waals surface area (Å²) in [5.74, 6) is 1.04. The summed E-state index contributed by atoms with van der Waals surface area (Å²) in [6, 6.07) is 3.77. The van der Waals surface area contributed by atoms with Gasteiger partial charge in [-0.15, -0.1) is 0 Å². The van der Waals surface area contributed by atoms with E-state index in [2.05, 4.69) is 9.62 Å². The molecule has 0 radical (unpaired) electrons. The van der Waals surface area contributed by atoms with Crippen LogP contribution in [0.2, 0.25) is 0 Å². The maximum absolute atomic E-state index is 11.9. The van der Waals surface area contributed by atoms with E-state index in [9.17, 15) is 8.42 Å². The van der Waals surface area contributed by atoms with Gasteiger partial charge in [0.05, 0.1) is 18.1 Å². The first-order valence-electron chi connectivity index (χ1n) is 7.37. The van der Waals surface area contributed by atoms with Crippen molar-refractivity contribution in [2.24, 2.45) is 0 Å². The molecule has 1 aliphatic rings. The van der Waals surface area contributed by atoms with Gasteiger partial charge < -0.3 is 4.42 Å². The van der Waals surface area contributed by atoms with Crippen LogP contribution in [0.3, 0.4) is 0 Å². The third-order valence-electron chi connectivity index (χ3n) is 3.72. The number of sulfonamides is 1. The van der Waals surface area contributed by atoms with Gasteiger partial charge in [-0.05, 0) is 44.5 Å². The van der Waals surface area contributed by atoms with Gasteiger partial charge in [-0.25, -0.2) is 13.1 Å². The van der Waals surface area contributed by atoms with Crippen LogP contribution in [0.15, 0.2) is 22.8 Å². The summed E-state index contributed by atoms with van der Waals surface area (Å²) < 4.78 is 32.0. The van der Waals surface area contributed by atoms with Crippen molar-refractivity contribution in [3.63, 3.8) is 0 Å². The smallest absolute Gasteiger partial charge is 0.211 e. The van der Waals surface area contributed by atoms with Gasteiger partial charge in [-0.2, -0.15) is 0 Å². The fraction of sp³-hybridized carbons (Fsp3) is 0.714. The third-order valence-corrected chi connectivity index (χ3v) is 5.15. The second-order valence-corrected chi connectivity index (χ2v) is 7.22. The lowest BCUT2D eigenvalue weighted by Gasteiger charge is -2.25. The predicted molar refractivity (Wildman–Crippen MR) is 79.0 cm³/mol. The Kier molecular flexibility index (Phi) is 5.63. The lowest BCUT2D eigenvalue weighted by molar-refractivity contribution is 0.216. The normalized spacial score (nSPS) is 18.4. The van der Waals surface area contributed by atoms with Crippen molar-refractivity contribution >= 4 is 10.0 Å². The zero-order valence-electron chi connectivity index (χ0n) is 12.0. The summed E-state index contributed by atoms with van der Waals surface area (Å²) in [6.07, 6.45) is 5.56. The fourth-order valence-electron chi connectivity index (χ4n) is 2.56. The minimum Gasteiger partial charge on any atom is -0.468 e. The summed E-state index contributed by atoms with van der Waals surface area (Å²) >= 11 is 0. The number of nitrogens with one attached hydrogen (secondary N) is 1. The summed E-state index contributed by atoms with van der Waals surface area (Å²) in [7, 11) is -3.18. The van der Waals surface area contributed by atoms with E-state index in [1.165, 1.54) is 12.8 Å². The molecule has 0 amide bonds. The maximum Gasteiger partial charge on any atom is 0.211 e. The maximum atomic E-state index is 11.9. The molecule has 1 unspecified atom stereocenters. The fourth-order valence-corrected chi connectivity index (χ4v) is 3.78. The molecule has 2 heterocycles. The number of hydrogen-bond acceptors (Lipinski definition) is 4. The molecule has 20 heavy (non-hydrogen) atoms. The van der Waals surface area contributed by atoms with Crippen molar-refractivity contribution in [3.8, 4) is 0 Å². The Morgan fingerprint density at radius 2 is 2.15 bits per heavy atom. The molecule has 0 bridgehead atoms. The van der Waals surface area contributed by atoms with E-state index >= 15 is 0 Å². The SMILES string of the molecule is CCCCS(=O)(=O)NCC(c1ccco1)N1CCCC1. The average molecular weight is 300 g/mol. The van der Waals surface area contributed by atoms with E-state index in [1.54, 1.807) is 6.26 Å². The van der Waals surface area contributed by atoms with E-state index < -0.39 is 10.0 Å². The molecule has 5 nitrogen and oxygen atoms in total. The summed E-state index contributed by atoms with van der Waals surface area (Å²) in [6.45, 7) is 4.38. The monoisotopic (exact) mass is 300 g/mol. The van der Waals surface area contributed by atoms with Crippen molar-refractivity contribution in [3.05, 3.63) is 24.2 Å². The Morgan fingerprint density at radius 1 is 1.40 bits per heavy atom. The highest BCUT2D eigenvalue weighted by atomic mass is 32.2. The molecule has 0 saturated carbocycles. The van der Waals surface area contributed by atoms with Crippen LogP contribution in [0.5, 0.6) is 0 Å². The Morgan fingerprint density at radius 3 is 2.75 bits per heavy atom. The van der Waals surface area contributed by atoms with Crippen molar-refractivity contribution in [1.29, 1.82) is 0 Å². The molecular weight excluding hydrogens is 276 g/mol. The van der Waals surface area contributed by atoms with Crippen molar-refractivity contribution < 1.29 is 12.8 Å². The third kappa shape index (κ3) is 4.33. The zero-order valence-corrected chi connectivity index (χ0v) is 12.9. The van der Waals surface area contributed by atoms with E-state index in [1.807, 2.05) is 19.1 Å². The van der Waals surface area contributed by atoms with Gasteiger partial charge in [0.1, 0.15) is 5.76 Å². The van der Waals surface area contributed by atoms with E-state index in [-0.39, 0.29) is 11.8 Å². The first-order valence-corrected chi connectivity index (χ1v) is 9.02. The number of likely N-dealkylation sites (tertiary alicyclic amines) is 1. The summed E-state index contributed by atoms with van der Waals surface area (Å²) in [4.78, 5) is 2.29. The second-order valence-electron chi connectivity index (χ2n) is 5.30. The molecule has 1 fully saturated rings. The predicted octanol–water partition coefficient (Wildman–Crippen LogP) is 2.14. The quantitative estimate of drug-likeness (QED) is 0.799. The molecule has 1 aliphatic heterocycles. The molecule has 1 aromatic rings. The molecular formula is C14H24N2O3S. The molecule has 6 heteroatoms. The van der Waals surface area contributed by atoms with Gasteiger partial charge in [0.25, 0.3) is 0 Å². The first kappa shape index (κ1) is 15.5. The number of furan rings is 1. The number of rotatable bonds is 8. The Labute approximate surface area is 121 Å². The van der Waals surface area contributed by atoms with Crippen LogP contribution >= 0.6 is 0 Å². The number of unbranched alkanes of at least 4 members (excludes halogenated alkanes) is 1.